The van der Waals surface area contributed by atoms with E-state index in [-0.39, 0.29) is 6.10 Å². The molecule has 2 atom stereocenters. The monoisotopic (exact) mass is 207 g/mol. The van der Waals surface area contributed by atoms with Crippen molar-refractivity contribution in [1.29, 1.82) is 0 Å². The molecule has 1 saturated carbocycles. The Labute approximate surface area is 79.5 Å². The first-order chi connectivity index (χ1) is 5.96. The van der Waals surface area contributed by atoms with E-state index < -0.39 is 15.3 Å². The number of hydrogen-bond acceptors (Lipinski definition) is 3. The molecule has 0 aromatic carbocycles. The number of methoxy groups -OCH3 is 1. The Morgan fingerprint density at radius 2 is 2.00 bits per heavy atom. The maximum Gasteiger partial charge on any atom is 0.214 e. The number of sulfonamides is 1. The molecule has 1 aliphatic rings. The fourth-order valence-corrected chi connectivity index (χ4v) is 2.43. The van der Waals surface area contributed by atoms with Crippen LogP contribution in [0.1, 0.15) is 26.2 Å². The molecule has 13 heavy (non-hydrogen) atoms. The molecule has 2 N–H and O–H groups in total. The van der Waals surface area contributed by atoms with E-state index in [0.29, 0.717) is 5.92 Å². The van der Waals surface area contributed by atoms with Crippen LogP contribution in [0.4, 0.5) is 0 Å². The molecule has 0 heterocycles. The standard InChI is InChI=1S/C8H17NO3S/c1-6(13(9,10)11)8(12-2)7-4-3-5-7/h6-8H,3-5H2,1-2H3,(H2,9,10,11)/t6-,8+/m1/s1. The topological polar surface area (TPSA) is 69.4 Å². The second kappa shape index (κ2) is 3.94. The van der Waals surface area contributed by atoms with Crippen molar-refractivity contribution in [3.05, 3.63) is 0 Å². The van der Waals surface area contributed by atoms with E-state index in [1.165, 1.54) is 6.42 Å². The number of rotatable bonds is 4. The number of primary sulfonamides is 1. The van der Waals surface area contributed by atoms with E-state index in [2.05, 4.69) is 0 Å². The van der Waals surface area contributed by atoms with E-state index in [1.807, 2.05) is 0 Å². The third-order valence-electron chi connectivity index (χ3n) is 2.87. The molecule has 0 amide bonds. The molecule has 0 aromatic heterocycles. The van der Waals surface area contributed by atoms with Gasteiger partial charge in [-0.1, -0.05) is 6.42 Å². The minimum Gasteiger partial charge on any atom is -0.380 e. The summed E-state index contributed by atoms with van der Waals surface area (Å²) >= 11 is 0. The molecule has 0 spiro atoms. The molecule has 1 fully saturated rings. The molecule has 1 rings (SSSR count). The van der Waals surface area contributed by atoms with Crippen molar-refractivity contribution in [2.75, 3.05) is 7.11 Å². The normalized spacial score (nSPS) is 23.6. The summed E-state index contributed by atoms with van der Waals surface area (Å²) in [6.45, 7) is 1.61. The molecule has 4 nitrogen and oxygen atoms in total. The highest BCUT2D eigenvalue weighted by atomic mass is 32.2. The summed E-state index contributed by atoms with van der Waals surface area (Å²) < 4.78 is 27.3. The van der Waals surface area contributed by atoms with Crippen LogP contribution in [0.25, 0.3) is 0 Å². The van der Waals surface area contributed by atoms with Gasteiger partial charge in [0.05, 0.1) is 11.4 Å². The minimum atomic E-state index is -3.46. The Balaban J connectivity index is 2.65. The molecular formula is C8H17NO3S. The third kappa shape index (κ3) is 2.42. The van der Waals surface area contributed by atoms with Gasteiger partial charge in [-0.25, -0.2) is 13.6 Å². The largest absolute Gasteiger partial charge is 0.380 e. The van der Waals surface area contributed by atoms with Crippen molar-refractivity contribution in [3.8, 4) is 0 Å². The van der Waals surface area contributed by atoms with Crippen LogP contribution in [-0.4, -0.2) is 26.9 Å². The van der Waals surface area contributed by atoms with Crippen molar-refractivity contribution >= 4 is 10.0 Å². The summed E-state index contributed by atoms with van der Waals surface area (Å²) in [4.78, 5) is 0. The Morgan fingerprint density at radius 3 is 2.23 bits per heavy atom. The Morgan fingerprint density at radius 1 is 1.46 bits per heavy atom. The molecule has 0 saturated heterocycles. The van der Waals surface area contributed by atoms with Crippen LogP contribution in [0.15, 0.2) is 0 Å². The van der Waals surface area contributed by atoms with Crippen molar-refractivity contribution in [2.45, 2.75) is 37.5 Å². The first kappa shape index (κ1) is 10.9. The van der Waals surface area contributed by atoms with Gasteiger partial charge in [0.25, 0.3) is 0 Å². The smallest absolute Gasteiger partial charge is 0.214 e. The van der Waals surface area contributed by atoms with E-state index >= 15 is 0 Å². The summed E-state index contributed by atoms with van der Waals surface area (Å²) in [5.74, 6) is 0.373. The molecule has 78 valence electrons. The first-order valence-electron chi connectivity index (χ1n) is 4.51. The minimum absolute atomic E-state index is 0.233. The lowest BCUT2D eigenvalue weighted by Crippen LogP contribution is -2.43. The molecule has 0 aliphatic heterocycles. The van der Waals surface area contributed by atoms with E-state index in [9.17, 15) is 8.42 Å². The second-order valence-corrected chi connectivity index (χ2v) is 5.61. The van der Waals surface area contributed by atoms with Crippen LogP contribution >= 0.6 is 0 Å². The average molecular weight is 207 g/mol. The average Bonchev–Trinajstić information content (AvgIpc) is 1.93. The molecule has 5 heteroatoms. The Hall–Kier alpha value is -0.130. The van der Waals surface area contributed by atoms with Gasteiger partial charge in [-0.3, -0.25) is 0 Å². The number of hydrogen-bond donors (Lipinski definition) is 1. The van der Waals surface area contributed by atoms with E-state index in [1.54, 1.807) is 14.0 Å². The zero-order chi connectivity index (χ0) is 10.1. The van der Waals surface area contributed by atoms with Crippen molar-refractivity contribution in [3.63, 3.8) is 0 Å². The summed E-state index contributed by atoms with van der Waals surface area (Å²) in [6, 6.07) is 0. The van der Waals surface area contributed by atoms with Crippen LogP contribution in [-0.2, 0) is 14.8 Å². The highest BCUT2D eigenvalue weighted by Gasteiger charge is 2.36. The summed E-state index contributed by atoms with van der Waals surface area (Å²) in [6.07, 6.45) is 3.04. The zero-order valence-corrected chi connectivity index (χ0v) is 8.88. The molecule has 1 aliphatic carbocycles. The summed E-state index contributed by atoms with van der Waals surface area (Å²) in [7, 11) is -1.91. The lowest BCUT2D eigenvalue weighted by molar-refractivity contribution is 0.0193. The van der Waals surface area contributed by atoms with Gasteiger partial charge in [-0.2, -0.15) is 0 Å². The fourth-order valence-electron chi connectivity index (χ4n) is 1.72. The molecule has 0 radical (unpaired) electrons. The van der Waals surface area contributed by atoms with Crippen LogP contribution in [0, 0.1) is 5.92 Å². The summed E-state index contributed by atoms with van der Waals surface area (Å²) in [5, 5.41) is 4.47. The SMILES string of the molecule is CO[C@H](C1CCC1)[C@@H](C)S(N)(=O)=O. The Kier molecular flexibility index (Phi) is 3.32. The molecule has 0 unspecified atom stereocenters. The van der Waals surface area contributed by atoms with Gasteiger partial charge in [-0.15, -0.1) is 0 Å². The van der Waals surface area contributed by atoms with Crippen molar-refractivity contribution < 1.29 is 13.2 Å². The predicted octanol–water partition coefficient (Wildman–Crippen LogP) is 0.479. The highest BCUT2D eigenvalue weighted by Crippen LogP contribution is 2.33. The first-order valence-corrected chi connectivity index (χ1v) is 6.12. The van der Waals surface area contributed by atoms with E-state index in [0.717, 1.165) is 12.8 Å². The van der Waals surface area contributed by atoms with Crippen molar-refractivity contribution in [2.24, 2.45) is 11.1 Å². The highest BCUT2D eigenvalue weighted by molar-refractivity contribution is 7.89. The van der Waals surface area contributed by atoms with Gasteiger partial charge in [0, 0.05) is 7.11 Å². The molecule has 0 bridgehead atoms. The van der Waals surface area contributed by atoms with E-state index in [4.69, 9.17) is 9.88 Å². The van der Waals surface area contributed by atoms with Gasteiger partial charge in [0.1, 0.15) is 0 Å². The van der Waals surface area contributed by atoms with Crippen LogP contribution in [0.2, 0.25) is 0 Å². The summed E-state index contributed by atoms with van der Waals surface area (Å²) in [5.41, 5.74) is 0. The van der Waals surface area contributed by atoms with Crippen LogP contribution in [0.5, 0.6) is 0 Å². The number of ether oxygens (including phenoxy) is 1. The fraction of sp³-hybridized carbons (Fsp3) is 1.00. The van der Waals surface area contributed by atoms with Gasteiger partial charge in [0.2, 0.25) is 10.0 Å². The van der Waals surface area contributed by atoms with Crippen molar-refractivity contribution in [1.82, 2.24) is 0 Å². The van der Waals surface area contributed by atoms with Gasteiger partial charge in [-0.05, 0) is 25.7 Å². The quantitative estimate of drug-likeness (QED) is 0.729. The molecule has 0 aromatic rings. The predicted molar refractivity (Wildman–Crippen MR) is 50.7 cm³/mol. The third-order valence-corrected chi connectivity index (χ3v) is 4.17. The maximum atomic E-state index is 11.1. The van der Waals surface area contributed by atoms with Crippen LogP contribution < -0.4 is 5.14 Å². The Bertz CT molecular complexity index is 259. The van der Waals surface area contributed by atoms with Crippen LogP contribution in [0.3, 0.4) is 0 Å². The maximum absolute atomic E-state index is 11.1. The number of nitrogens with two attached hydrogens (primary N) is 1. The van der Waals surface area contributed by atoms with Gasteiger partial charge >= 0.3 is 0 Å². The van der Waals surface area contributed by atoms with Gasteiger partial charge < -0.3 is 4.74 Å². The zero-order valence-electron chi connectivity index (χ0n) is 8.06. The lowest BCUT2D eigenvalue weighted by atomic mass is 9.80. The van der Waals surface area contributed by atoms with Gasteiger partial charge in [0.15, 0.2) is 0 Å². The lowest BCUT2D eigenvalue weighted by Gasteiger charge is -2.35. The second-order valence-electron chi connectivity index (χ2n) is 3.69. The molecular weight excluding hydrogens is 190 g/mol.